The monoisotopic (exact) mass is 257 g/mol. The van der Waals surface area contributed by atoms with Gasteiger partial charge in [0.1, 0.15) is 6.61 Å². The van der Waals surface area contributed by atoms with Crippen molar-refractivity contribution >= 4 is 5.84 Å². The van der Waals surface area contributed by atoms with E-state index in [0.717, 1.165) is 11.3 Å². The zero-order valence-corrected chi connectivity index (χ0v) is 10.6. The second-order valence-electron chi connectivity index (χ2n) is 4.06. The number of hydrogen-bond donors (Lipinski definition) is 2. The van der Waals surface area contributed by atoms with Crippen LogP contribution in [0.15, 0.2) is 47.6 Å². The van der Waals surface area contributed by atoms with Crippen LogP contribution in [0.25, 0.3) is 0 Å². The minimum absolute atomic E-state index is 0.0180. The maximum Gasteiger partial charge on any atom is 0.225 e. The molecule has 0 radical (unpaired) electrons. The molecule has 0 bridgehead atoms. The van der Waals surface area contributed by atoms with Crippen LogP contribution in [0.2, 0.25) is 0 Å². The Balaban J connectivity index is 2.21. The molecule has 1 heterocycles. The zero-order valence-electron chi connectivity index (χ0n) is 10.6. The Morgan fingerprint density at radius 1 is 1.26 bits per heavy atom. The van der Waals surface area contributed by atoms with Crippen molar-refractivity contribution in [1.82, 2.24) is 4.98 Å². The molecule has 0 unspecified atom stereocenters. The SMILES string of the molecule is Cc1ccc(/C(N)=N/O)c(OCc2ccccc2)n1. The van der Waals surface area contributed by atoms with Gasteiger partial charge in [-0.2, -0.15) is 0 Å². The van der Waals surface area contributed by atoms with E-state index in [0.29, 0.717) is 18.1 Å². The third-order valence-corrected chi connectivity index (χ3v) is 2.60. The molecular weight excluding hydrogens is 242 g/mol. The minimum atomic E-state index is -0.0180. The summed E-state index contributed by atoms with van der Waals surface area (Å²) in [5.74, 6) is 0.342. The first kappa shape index (κ1) is 12.9. The fourth-order valence-electron chi connectivity index (χ4n) is 1.62. The summed E-state index contributed by atoms with van der Waals surface area (Å²) in [6.07, 6.45) is 0. The van der Waals surface area contributed by atoms with Gasteiger partial charge in [-0.25, -0.2) is 4.98 Å². The number of nitrogens with zero attached hydrogens (tertiary/aromatic N) is 2. The smallest absolute Gasteiger partial charge is 0.225 e. The van der Waals surface area contributed by atoms with Crippen LogP contribution in [-0.2, 0) is 6.61 Å². The molecule has 0 amide bonds. The maximum atomic E-state index is 8.75. The van der Waals surface area contributed by atoms with Crippen LogP contribution >= 0.6 is 0 Å². The van der Waals surface area contributed by atoms with Gasteiger partial charge in [-0.1, -0.05) is 35.5 Å². The summed E-state index contributed by atoms with van der Waals surface area (Å²) in [6.45, 7) is 2.23. The highest BCUT2D eigenvalue weighted by molar-refractivity contribution is 5.99. The number of aromatic nitrogens is 1. The fraction of sp³-hybridized carbons (Fsp3) is 0.143. The Labute approximate surface area is 111 Å². The van der Waals surface area contributed by atoms with Crippen LogP contribution in [0.3, 0.4) is 0 Å². The van der Waals surface area contributed by atoms with Crippen molar-refractivity contribution in [3.8, 4) is 5.88 Å². The van der Waals surface area contributed by atoms with E-state index >= 15 is 0 Å². The summed E-state index contributed by atoms with van der Waals surface area (Å²) in [5.41, 5.74) is 7.90. The Kier molecular flexibility index (Phi) is 3.97. The standard InChI is InChI=1S/C14H15N3O2/c1-10-7-8-12(13(15)17-18)14(16-10)19-9-11-5-3-2-4-6-11/h2-8,18H,9H2,1H3,(H2,15,17). The molecule has 5 nitrogen and oxygen atoms in total. The topological polar surface area (TPSA) is 80.7 Å². The predicted octanol–water partition coefficient (Wildman–Crippen LogP) is 2.06. The van der Waals surface area contributed by atoms with Crippen molar-refractivity contribution in [3.05, 3.63) is 59.3 Å². The number of ether oxygens (including phenoxy) is 1. The summed E-state index contributed by atoms with van der Waals surface area (Å²) >= 11 is 0. The molecule has 0 aliphatic rings. The number of nitrogens with two attached hydrogens (primary N) is 1. The first-order valence-corrected chi connectivity index (χ1v) is 5.83. The van der Waals surface area contributed by atoms with Gasteiger partial charge < -0.3 is 15.7 Å². The first-order chi connectivity index (χ1) is 9.20. The highest BCUT2D eigenvalue weighted by atomic mass is 16.5. The molecule has 0 spiro atoms. The number of amidine groups is 1. The number of aryl methyl sites for hydroxylation is 1. The van der Waals surface area contributed by atoms with E-state index in [1.807, 2.05) is 37.3 Å². The molecular formula is C14H15N3O2. The molecule has 0 aliphatic heterocycles. The number of rotatable bonds is 4. The average molecular weight is 257 g/mol. The summed E-state index contributed by atoms with van der Waals surface area (Å²) in [4.78, 5) is 4.26. The van der Waals surface area contributed by atoms with Gasteiger partial charge in [-0.3, -0.25) is 0 Å². The molecule has 98 valence electrons. The lowest BCUT2D eigenvalue weighted by molar-refractivity contribution is 0.291. The highest BCUT2D eigenvalue weighted by Crippen LogP contribution is 2.17. The van der Waals surface area contributed by atoms with E-state index in [4.69, 9.17) is 15.7 Å². The second kappa shape index (κ2) is 5.86. The summed E-state index contributed by atoms with van der Waals surface area (Å²) in [7, 11) is 0. The van der Waals surface area contributed by atoms with E-state index in [-0.39, 0.29) is 5.84 Å². The van der Waals surface area contributed by atoms with Crippen LogP contribution in [0, 0.1) is 6.92 Å². The van der Waals surface area contributed by atoms with Gasteiger partial charge in [-0.15, -0.1) is 0 Å². The van der Waals surface area contributed by atoms with Crippen LogP contribution in [0.5, 0.6) is 5.88 Å². The molecule has 1 aromatic carbocycles. The average Bonchev–Trinajstić information content (AvgIpc) is 2.45. The Morgan fingerprint density at radius 3 is 2.68 bits per heavy atom. The van der Waals surface area contributed by atoms with E-state index in [1.54, 1.807) is 12.1 Å². The van der Waals surface area contributed by atoms with Gasteiger partial charge in [0.05, 0.1) is 5.56 Å². The van der Waals surface area contributed by atoms with Gasteiger partial charge in [0, 0.05) is 5.69 Å². The van der Waals surface area contributed by atoms with Gasteiger partial charge in [0.2, 0.25) is 5.88 Å². The summed E-state index contributed by atoms with van der Waals surface area (Å²) < 4.78 is 5.64. The third kappa shape index (κ3) is 3.22. The van der Waals surface area contributed by atoms with Crippen molar-refractivity contribution in [2.75, 3.05) is 0 Å². The van der Waals surface area contributed by atoms with Gasteiger partial charge in [0.25, 0.3) is 0 Å². The van der Waals surface area contributed by atoms with Gasteiger partial charge in [0.15, 0.2) is 5.84 Å². The molecule has 0 saturated heterocycles. The number of hydrogen-bond acceptors (Lipinski definition) is 4. The molecule has 2 aromatic rings. The van der Waals surface area contributed by atoms with Crippen molar-refractivity contribution in [2.24, 2.45) is 10.9 Å². The largest absolute Gasteiger partial charge is 0.472 e. The lowest BCUT2D eigenvalue weighted by Gasteiger charge is -2.10. The zero-order chi connectivity index (χ0) is 13.7. The summed E-state index contributed by atoms with van der Waals surface area (Å²) in [5, 5.41) is 11.7. The molecule has 0 aliphatic carbocycles. The molecule has 0 atom stereocenters. The van der Waals surface area contributed by atoms with Crippen LogP contribution in [0.1, 0.15) is 16.8 Å². The summed E-state index contributed by atoms with van der Waals surface area (Å²) in [6, 6.07) is 13.2. The van der Waals surface area contributed by atoms with Gasteiger partial charge in [-0.05, 0) is 24.6 Å². The van der Waals surface area contributed by atoms with E-state index in [9.17, 15) is 0 Å². The van der Waals surface area contributed by atoms with Crippen molar-refractivity contribution in [2.45, 2.75) is 13.5 Å². The number of benzene rings is 1. The number of oxime groups is 1. The molecule has 1 aromatic heterocycles. The van der Waals surface area contributed by atoms with Crippen molar-refractivity contribution in [3.63, 3.8) is 0 Å². The predicted molar refractivity (Wildman–Crippen MR) is 72.3 cm³/mol. The minimum Gasteiger partial charge on any atom is -0.472 e. The molecule has 19 heavy (non-hydrogen) atoms. The number of pyridine rings is 1. The van der Waals surface area contributed by atoms with Gasteiger partial charge >= 0.3 is 0 Å². The molecule has 3 N–H and O–H groups in total. The lowest BCUT2D eigenvalue weighted by atomic mass is 10.2. The fourth-order valence-corrected chi connectivity index (χ4v) is 1.62. The molecule has 0 fully saturated rings. The highest BCUT2D eigenvalue weighted by Gasteiger charge is 2.10. The second-order valence-corrected chi connectivity index (χ2v) is 4.06. The third-order valence-electron chi connectivity index (χ3n) is 2.60. The quantitative estimate of drug-likeness (QED) is 0.380. The van der Waals surface area contributed by atoms with E-state index < -0.39 is 0 Å². The first-order valence-electron chi connectivity index (χ1n) is 5.83. The Hall–Kier alpha value is -2.56. The van der Waals surface area contributed by atoms with E-state index in [1.165, 1.54) is 0 Å². The Bertz CT molecular complexity index is 582. The van der Waals surface area contributed by atoms with Crippen LogP contribution in [0.4, 0.5) is 0 Å². The van der Waals surface area contributed by atoms with Crippen molar-refractivity contribution in [1.29, 1.82) is 0 Å². The lowest BCUT2D eigenvalue weighted by Crippen LogP contribution is -2.16. The van der Waals surface area contributed by atoms with E-state index in [2.05, 4.69) is 10.1 Å². The molecule has 5 heteroatoms. The Morgan fingerprint density at radius 2 is 2.00 bits per heavy atom. The van der Waals surface area contributed by atoms with Crippen molar-refractivity contribution < 1.29 is 9.94 Å². The van der Waals surface area contributed by atoms with Crippen LogP contribution in [-0.4, -0.2) is 16.0 Å². The molecule has 2 rings (SSSR count). The maximum absolute atomic E-state index is 8.75. The molecule has 0 saturated carbocycles. The van der Waals surface area contributed by atoms with Crippen LogP contribution < -0.4 is 10.5 Å². The normalized spacial score (nSPS) is 11.3.